The summed E-state index contributed by atoms with van der Waals surface area (Å²) < 4.78 is 27.2. The molecule has 0 bridgehead atoms. The first kappa shape index (κ1) is 17.4. The van der Waals surface area contributed by atoms with Gasteiger partial charge < -0.3 is 0 Å². The van der Waals surface area contributed by atoms with Gasteiger partial charge in [-0.25, -0.2) is 8.42 Å². The summed E-state index contributed by atoms with van der Waals surface area (Å²) in [5.41, 5.74) is 1.46. The second kappa shape index (κ2) is 7.53. The predicted octanol–water partition coefficient (Wildman–Crippen LogP) is 3.49. The largest absolute Gasteiger partial charge is 0.295 e. The molecule has 0 saturated heterocycles. The standard InChI is InChI=1S/C18H21NO3S/c1-3-13-19(14-16-7-5-4-6-8-16)23(21,22)18-11-9-17(10-12-18)15(2)20/h4-12H,3,13-14H2,1-2H3. The highest BCUT2D eigenvalue weighted by Gasteiger charge is 2.24. The fourth-order valence-corrected chi connectivity index (χ4v) is 3.85. The van der Waals surface area contributed by atoms with Crippen molar-refractivity contribution in [1.82, 2.24) is 4.31 Å². The number of nitrogens with zero attached hydrogens (tertiary/aromatic N) is 1. The average molecular weight is 331 g/mol. The second-order valence-corrected chi connectivity index (χ2v) is 7.34. The van der Waals surface area contributed by atoms with Gasteiger partial charge in [-0.05, 0) is 31.0 Å². The van der Waals surface area contributed by atoms with Gasteiger partial charge in [0, 0.05) is 18.7 Å². The third kappa shape index (κ3) is 4.27. The SMILES string of the molecule is CCCN(Cc1ccccc1)S(=O)(=O)c1ccc(C(C)=O)cc1. The minimum absolute atomic E-state index is 0.0800. The van der Waals surface area contributed by atoms with Crippen LogP contribution < -0.4 is 0 Å². The fraction of sp³-hybridized carbons (Fsp3) is 0.278. The van der Waals surface area contributed by atoms with Gasteiger partial charge in [-0.1, -0.05) is 49.4 Å². The van der Waals surface area contributed by atoms with Crippen molar-refractivity contribution in [1.29, 1.82) is 0 Å². The van der Waals surface area contributed by atoms with Crippen LogP contribution in [0.25, 0.3) is 0 Å². The van der Waals surface area contributed by atoms with E-state index in [2.05, 4.69) is 0 Å². The Morgan fingerprint density at radius 3 is 2.13 bits per heavy atom. The van der Waals surface area contributed by atoms with Gasteiger partial charge in [0.15, 0.2) is 5.78 Å². The first-order valence-electron chi connectivity index (χ1n) is 7.60. The molecule has 2 aromatic carbocycles. The van der Waals surface area contributed by atoms with Crippen molar-refractivity contribution in [3.8, 4) is 0 Å². The van der Waals surface area contributed by atoms with Crippen LogP contribution in [-0.2, 0) is 16.6 Å². The first-order chi connectivity index (χ1) is 10.9. The molecule has 0 aliphatic heterocycles. The summed E-state index contributed by atoms with van der Waals surface area (Å²) in [6, 6.07) is 15.6. The lowest BCUT2D eigenvalue weighted by Crippen LogP contribution is -2.31. The second-order valence-electron chi connectivity index (χ2n) is 5.40. The Kier molecular flexibility index (Phi) is 5.69. The van der Waals surface area contributed by atoms with Crippen molar-refractivity contribution in [3.63, 3.8) is 0 Å². The number of rotatable bonds is 7. The van der Waals surface area contributed by atoms with Gasteiger partial charge in [0.05, 0.1) is 4.90 Å². The Morgan fingerprint density at radius 2 is 1.61 bits per heavy atom. The Labute approximate surface area is 137 Å². The van der Waals surface area contributed by atoms with E-state index in [1.807, 2.05) is 37.3 Å². The number of carbonyl (C=O) groups excluding carboxylic acids is 1. The van der Waals surface area contributed by atoms with Crippen molar-refractivity contribution in [2.45, 2.75) is 31.7 Å². The van der Waals surface area contributed by atoms with Gasteiger partial charge in [0.1, 0.15) is 0 Å². The molecule has 0 N–H and O–H groups in total. The quantitative estimate of drug-likeness (QED) is 0.730. The van der Waals surface area contributed by atoms with E-state index in [0.717, 1.165) is 12.0 Å². The molecule has 0 aliphatic carbocycles. The number of carbonyl (C=O) groups is 1. The van der Waals surface area contributed by atoms with E-state index in [9.17, 15) is 13.2 Å². The highest BCUT2D eigenvalue weighted by Crippen LogP contribution is 2.19. The van der Waals surface area contributed by atoms with Crippen LogP contribution in [0.1, 0.15) is 36.2 Å². The third-order valence-electron chi connectivity index (χ3n) is 3.57. The van der Waals surface area contributed by atoms with Gasteiger partial charge in [0.25, 0.3) is 0 Å². The minimum Gasteiger partial charge on any atom is -0.295 e. The summed E-state index contributed by atoms with van der Waals surface area (Å²) in [4.78, 5) is 11.5. The highest BCUT2D eigenvalue weighted by molar-refractivity contribution is 7.89. The van der Waals surface area contributed by atoms with Crippen LogP contribution in [-0.4, -0.2) is 25.1 Å². The number of hydrogen-bond acceptors (Lipinski definition) is 3. The predicted molar refractivity (Wildman–Crippen MR) is 90.8 cm³/mol. The van der Waals surface area contributed by atoms with Crippen LogP contribution in [0.4, 0.5) is 0 Å². The summed E-state index contributed by atoms with van der Waals surface area (Å²) >= 11 is 0. The maximum absolute atomic E-state index is 12.8. The van der Waals surface area contributed by atoms with Gasteiger partial charge in [-0.2, -0.15) is 4.31 Å². The molecule has 0 atom stereocenters. The molecular weight excluding hydrogens is 310 g/mol. The normalized spacial score (nSPS) is 11.6. The molecule has 0 fully saturated rings. The van der Waals surface area contributed by atoms with Gasteiger partial charge >= 0.3 is 0 Å². The smallest absolute Gasteiger partial charge is 0.243 e. The van der Waals surface area contributed by atoms with Crippen molar-refractivity contribution in [2.24, 2.45) is 0 Å². The molecule has 0 heterocycles. The van der Waals surface area contributed by atoms with E-state index in [4.69, 9.17) is 0 Å². The lowest BCUT2D eigenvalue weighted by atomic mass is 10.2. The molecule has 0 amide bonds. The molecular formula is C18H21NO3S. The van der Waals surface area contributed by atoms with Gasteiger partial charge in [0.2, 0.25) is 10.0 Å². The molecule has 23 heavy (non-hydrogen) atoms. The molecule has 5 heteroatoms. The maximum atomic E-state index is 12.8. The fourth-order valence-electron chi connectivity index (χ4n) is 2.33. The van der Waals surface area contributed by atoms with Crippen LogP contribution in [0, 0.1) is 0 Å². The van der Waals surface area contributed by atoms with E-state index in [0.29, 0.717) is 18.7 Å². The van der Waals surface area contributed by atoms with Gasteiger partial charge in [-0.3, -0.25) is 4.79 Å². The molecule has 0 saturated carbocycles. The van der Waals surface area contributed by atoms with E-state index in [1.54, 1.807) is 12.1 Å². The molecule has 122 valence electrons. The minimum atomic E-state index is -3.58. The zero-order valence-corrected chi connectivity index (χ0v) is 14.2. The third-order valence-corrected chi connectivity index (χ3v) is 5.43. The Morgan fingerprint density at radius 1 is 1.00 bits per heavy atom. The van der Waals surface area contributed by atoms with E-state index >= 15 is 0 Å². The van der Waals surface area contributed by atoms with Crippen LogP contribution in [0.2, 0.25) is 0 Å². The maximum Gasteiger partial charge on any atom is 0.243 e. The van der Waals surface area contributed by atoms with Crippen LogP contribution in [0.5, 0.6) is 0 Å². The summed E-state index contributed by atoms with van der Waals surface area (Å²) in [6.07, 6.45) is 0.734. The number of Topliss-reactive ketones (excluding diaryl/α,β-unsaturated/α-hetero) is 1. The van der Waals surface area contributed by atoms with Crippen LogP contribution in [0.15, 0.2) is 59.5 Å². The average Bonchev–Trinajstić information content (AvgIpc) is 2.55. The zero-order chi connectivity index (χ0) is 16.9. The van der Waals surface area contributed by atoms with Crippen molar-refractivity contribution < 1.29 is 13.2 Å². The first-order valence-corrected chi connectivity index (χ1v) is 9.04. The van der Waals surface area contributed by atoms with Crippen molar-refractivity contribution in [3.05, 3.63) is 65.7 Å². The van der Waals surface area contributed by atoms with Crippen LogP contribution >= 0.6 is 0 Å². The number of ketones is 1. The van der Waals surface area contributed by atoms with Crippen LogP contribution in [0.3, 0.4) is 0 Å². The summed E-state index contributed by atoms with van der Waals surface area (Å²) in [6.45, 7) is 4.20. The lowest BCUT2D eigenvalue weighted by molar-refractivity contribution is 0.101. The summed E-state index contributed by atoms with van der Waals surface area (Å²) in [5, 5.41) is 0. The van der Waals surface area contributed by atoms with Gasteiger partial charge in [-0.15, -0.1) is 0 Å². The lowest BCUT2D eigenvalue weighted by Gasteiger charge is -2.22. The Hall–Kier alpha value is -1.98. The molecule has 2 aromatic rings. The zero-order valence-electron chi connectivity index (χ0n) is 13.4. The molecule has 0 unspecified atom stereocenters. The number of sulfonamides is 1. The van der Waals surface area contributed by atoms with E-state index < -0.39 is 10.0 Å². The van der Waals surface area contributed by atoms with E-state index in [1.165, 1.54) is 23.4 Å². The Balaban J connectivity index is 2.30. The molecule has 0 aromatic heterocycles. The van der Waals surface area contributed by atoms with Crippen molar-refractivity contribution in [2.75, 3.05) is 6.54 Å². The molecule has 0 aliphatic rings. The topological polar surface area (TPSA) is 54.5 Å². The molecule has 0 spiro atoms. The summed E-state index contributed by atoms with van der Waals surface area (Å²) in [5.74, 6) is -0.0800. The Bertz CT molecular complexity index is 753. The molecule has 2 rings (SSSR count). The molecule has 4 nitrogen and oxygen atoms in total. The van der Waals surface area contributed by atoms with Crippen molar-refractivity contribution >= 4 is 15.8 Å². The molecule has 0 radical (unpaired) electrons. The number of benzene rings is 2. The van der Waals surface area contributed by atoms with E-state index in [-0.39, 0.29) is 10.7 Å². The number of hydrogen-bond donors (Lipinski definition) is 0. The summed E-state index contributed by atoms with van der Waals surface area (Å²) in [7, 11) is -3.58. The monoisotopic (exact) mass is 331 g/mol. The highest BCUT2D eigenvalue weighted by atomic mass is 32.2.